The molecule has 3 aromatic rings. The number of hydrogen-bond donors (Lipinski definition) is 4. The molecule has 9 nitrogen and oxygen atoms in total. The molecule has 0 bridgehead atoms. The molecule has 166 valence electrons. The summed E-state index contributed by atoms with van der Waals surface area (Å²) in [4.78, 5) is 38.1. The number of aliphatic hydroxyl groups is 1. The number of rotatable bonds is 5. The standard InChI is InChI=1S/C23H24N4O5/c1-14-13-27(23(31)26-21(14)29)20-11-18(28)19(32-20)12-24-22(30)25-17-9-7-16(8-10-17)15-5-3-2-4-6-15/h2-10,13,18-20,28H,11-12H2,1H3,(H2,24,25,30)(H,26,29,31)/t18-,19+,20+/m0/s1. The van der Waals surface area contributed by atoms with Crippen molar-refractivity contribution in [2.24, 2.45) is 0 Å². The van der Waals surface area contributed by atoms with Crippen LogP contribution in [0, 0.1) is 6.92 Å². The van der Waals surface area contributed by atoms with Gasteiger partial charge in [-0.2, -0.15) is 0 Å². The summed E-state index contributed by atoms with van der Waals surface area (Å²) >= 11 is 0. The van der Waals surface area contributed by atoms with Crippen LogP contribution < -0.4 is 21.9 Å². The van der Waals surface area contributed by atoms with Gasteiger partial charge >= 0.3 is 11.7 Å². The predicted molar refractivity (Wildman–Crippen MR) is 119 cm³/mol. The molecule has 0 radical (unpaired) electrons. The van der Waals surface area contributed by atoms with Gasteiger partial charge in [0.1, 0.15) is 12.3 Å². The molecule has 0 saturated carbocycles. The third-order valence-electron chi connectivity index (χ3n) is 5.37. The first-order valence-corrected chi connectivity index (χ1v) is 10.3. The Morgan fingerprint density at radius 1 is 1.12 bits per heavy atom. The van der Waals surface area contributed by atoms with Crippen LogP contribution in [0.25, 0.3) is 11.1 Å². The van der Waals surface area contributed by atoms with E-state index in [1.807, 2.05) is 54.6 Å². The van der Waals surface area contributed by atoms with Gasteiger partial charge in [-0.15, -0.1) is 0 Å². The molecule has 0 spiro atoms. The number of carbonyl (C=O) groups excluding carboxylic acids is 1. The van der Waals surface area contributed by atoms with Gasteiger partial charge in [-0.05, 0) is 30.2 Å². The van der Waals surface area contributed by atoms with Crippen molar-refractivity contribution < 1.29 is 14.6 Å². The average Bonchev–Trinajstić information content (AvgIpc) is 3.16. The second-order valence-corrected chi connectivity index (χ2v) is 7.69. The van der Waals surface area contributed by atoms with E-state index in [9.17, 15) is 19.5 Å². The van der Waals surface area contributed by atoms with Gasteiger partial charge in [0, 0.05) is 30.4 Å². The van der Waals surface area contributed by atoms with Gasteiger partial charge in [0.05, 0.1) is 6.10 Å². The number of aryl methyl sites for hydroxylation is 1. The van der Waals surface area contributed by atoms with E-state index in [0.29, 0.717) is 11.3 Å². The van der Waals surface area contributed by atoms with E-state index in [-0.39, 0.29) is 13.0 Å². The van der Waals surface area contributed by atoms with Crippen molar-refractivity contribution in [1.82, 2.24) is 14.9 Å². The summed E-state index contributed by atoms with van der Waals surface area (Å²) in [5.74, 6) is 0. The Bertz CT molecular complexity index is 1200. The van der Waals surface area contributed by atoms with Gasteiger partial charge in [-0.3, -0.25) is 14.3 Å². The summed E-state index contributed by atoms with van der Waals surface area (Å²) in [6.07, 6.45) is -0.719. The van der Waals surface area contributed by atoms with Crippen LogP contribution in [0.15, 0.2) is 70.4 Å². The van der Waals surface area contributed by atoms with E-state index in [4.69, 9.17) is 4.74 Å². The molecule has 2 heterocycles. The number of anilines is 1. The van der Waals surface area contributed by atoms with Crippen molar-refractivity contribution in [3.05, 3.63) is 87.2 Å². The minimum absolute atomic E-state index is 0.0582. The minimum Gasteiger partial charge on any atom is -0.390 e. The molecule has 4 rings (SSSR count). The molecule has 1 aliphatic heterocycles. The molecule has 1 fully saturated rings. The lowest BCUT2D eigenvalue weighted by Crippen LogP contribution is -2.39. The summed E-state index contributed by atoms with van der Waals surface area (Å²) in [6, 6.07) is 16.9. The Morgan fingerprint density at radius 3 is 2.53 bits per heavy atom. The second-order valence-electron chi connectivity index (χ2n) is 7.69. The number of nitrogens with zero attached hydrogens (tertiary/aromatic N) is 1. The van der Waals surface area contributed by atoms with Crippen molar-refractivity contribution in [2.75, 3.05) is 11.9 Å². The Labute approximate surface area is 183 Å². The molecular formula is C23H24N4O5. The Hall–Kier alpha value is -3.69. The highest BCUT2D eigenvalue weighted by Crippen LogP contribution is 2.27. The van der Waals surface area contributed by atoms with Crippen molar-refractivity contribution in [2.45, 2.75) is 31.8 Å². The highest BCUT2D eigenvalue weighted by atomic mass is 16.5. The van der Waals surface area contributed by atoms with Crippen LogP contribution in [0.3, 0.4) is 0 Å². The van der Waals surface area contributed by atoms with Gasteiger partial charge in [-0.1, -0.05) is 42.5 Å². The van der Waals surface area contributed by atoms with Gasteiger partial charge in [0.15, 0.2) is 0 Å². The van der Waals surface area contributed by atoms with Crippen molar-refractivity contribution in [1.29, 1.82) is 0 Å². The predicted octanol–water partition coefficient (Wildman–Crippen LogP) is 1.98. The Kier molecular flexibility index (Phi) is 6.20. The fourth-order valence-corrected chi connectivity index (χ4v) is 3.61. The number of hydrogen-bond acceptors (Lipinski definition) is 5. The van der Waals surface area contributed by atoms with E-state index in [2.05, 4.69) is 15.6 Å². The molecule has 1 aliphatic rings. The lowest BCUT2D eigenvalue weighted by Gasteiger charge is -2.17. The first kappa shape index (κ1) is 21.5. The van der Waals surface area contributed by atoms with Crippen molar-refractivity contribution in [3.63, 3.8) is 0 Å². The third kappa shape index (κ3) is 4.79. The zero-order chi connectivity index (χ0) is 22.7. The van der Waals surface area contributed by atoms with Crippen molar-refractivity contribution >= 4 is 11.7 Å². The normalized spacial score (nSPS) is 20.1. The summed E-state index contributed by atoms with van der Waals surface area (Å²) < 4.78 is 6.99. The molecule has 3 atom stereocenters. The molecule has 4 N–H and O–H groups in total. The van der Waals surface area contributed by atoms with Crippen LogP contribution in [-0.2, 0) is 4.74 Å². The molecule has 2 aromatic carbocycles. The summed E-state index contributed by atoms with van der Waals surface area (Å²) in [5, 5.41) is 15.7. The first-order valence-electron chi connectivity index (χ1n) is 10.3. The number of carbonyl (C=O) groups is 1. The molecule has 9 heteroatoms. The summed E-state index contributed by atoms with van der Waals surface area (Å²) in [7, 11) is 0. The zero-order valence-corrected chi connectivity index (χ0v) is 17.4. The number of aromatic amines is 1. The van der Waals surface area contributed by atoms with Crippen LogP contribution in [-0.4, -0.2) is 39.4 Å². The topological polar surface area (TPSA) is 125 Å². The Balaban J connectivity index is 1.32. The monoisotopic (exact) mass is 436 g/mol. The number of aliphatic hydroxyl groups excluding tert-OH is 1. The summed E-state index contributed by atoms with van der Waals surface area (Å²) in [5.41, 5.74) is 2.05. The smallest absolute Gasteiger partial charge is 0.330 e. The van der Waals surface area contributed by atoms with E-state index < -0.39 is 35.7 Å². The molecule has 1 saturated heterocycles. The van der Waals surface area contributed by atoms with Crippen molar-refractivity contribution in [3.8, 4) is 11.1 Å². The number of urea groups is 1. The second kappa shape index (κ2) is 9.21. The van der Waals surface area contributed by atoms with E-state index in [1.165, 1.54) is 10.8 Å². The molecule has 0 unspecified atom stereocenters. The fourth-order valence-electron chi connectivity index (χ4n) is 3.61. The highest BCUT2D eigenvalue weighted by Gasteiger charge is 2.35. The molecule has 0 aliphatic carbocycles. The lowest BCUT2D eigenvalue weighted by atomic mass is 10.1. The van der Waals surface area contributed by atoms with Crippen LogP contribution in [0.5, 0.6) is 0 Å². The van der Waals surface area contributed by atoms with Gasteiger partial charge < -0.3 is 20.5 Å². The molecular weight excluding hydrogens is 412 g/mol. The highest BCUT2D eigenvalue weighted by molar-refractivity contribution is 5.89. The van der Waals surface area contributed by atoms with E-state index >= 15 is 0 Å². The van der Waals surface area contributed by atoms with Gasteiger partial charge in [-0.25, -0.2) is 9.59 Å². The maximum absolute atomic E-state index is 12.3. The van der Waals surface area contributed by atoms with E-state index in [1.54, 1.807) is 6.92 Å². The van der Waals surface area contributed by atoms with Gasteiger partial charge in [0.25, 0.3) is 5.56 Å². The summed E-state index contributed by atoms with van der Waals surface area (Å²) in [6.45, 7) is 1.64. The largest absolute Gasteiger partial charge is 0.390 e. The number of amides is 2. The van der Waals surface area contributed by atoms with E-state index in [0.717, 1.165) is 11.1 Å². The molecule has 32 heavy (non-hydrogen) atoms. The number of nitrogens with one attached hydrogen (secondary N) is 3. The molecule has 1 aromatic heterocycles. The number of ether oxygens (including phenoxy) is 1. The number of benzene rings is 2. The molecule has 2 amide bonds. The quantitative estimate of drug-likeness (QED) is 0.487. The van der Waals surface area contributed by atoms with Crippen LogP contribution in [0.2, 0.25) is 0 Å². The lowest BCUT2D eigenvalue weighted by molar-refractivity contribution is -0.0178. The number of H-pyrrole nitrogens is 1. The first-order chi connectivity index (χ1) is 15.4. The van der Waals surface area contributed by atoms with Crippen LogP contribution in [0.4, 0.5) is 10.5 Å². The van der Waals surface area contributed by atoms with Crippen LogP contribution in [0.1, 0.15) is 18.2 Å². The maximum atomic E-state index is 12.3. The SMILES string of the molecule is Cc1cn([C@H]2C[C@H](O)[C@@H](CNC(=O)Nc3ccc(-c4ccccc4)cc3)O2)c(=O)[nH]c1=O. The average molecular weight is 436 g/mol. The minimum atomic E-state index is -0.871. The Morgan fingerprint density at radius 2 is 1.81 bits per heavy atom. The van der Waals surface area contributed by atoms with Crippen LogP contribution >= 0.6 is 0 Å². The zero-order valence-electron chi connectivity index (χ0n) is 17.4. The third-order valence-corrected chi connectivity index (χ3v) is 5.37. The number of aromatic nitrogens is 2. The van der Waals surface area contributed by atoms with Gasteiger partial charge in [0.2, 0.25) is 0 Å². The maximum Gasteiger partial charge on any atom is 0.330 e. The fraction of sp³-hybridized carbons (Fsp3) is 0.261.